The smallest absolute Gasteiger partial charge is 0.145 e. The molecule has 0 atom stereocenters. The summed E-state index contributed by atoms with van der Waals surface area (Å²) in [6.45, 7) is 0. The average molecular weight is 275 g/mol. The Labute approximate surface area is 106 Å². The first-order valence-electron chi connectivity index (χ1n) is 4.63. The lowest BCUT2D eigenvalue weighted by Crippen LogP contribution is -1.88. The van der Waals surface area contributed by atoms with Gasteiger partial charge in [-0.05, 0) is 18.2 Å². The van der Waals surface area contributed by atoms with Crippen LogP contribution in [0.15, 0.2) is 30.3 Å². The van der Waals surface area contributed by atoms with Crippen molar-refractivity contribution in [3.05, 3.63) is 52.0 Å². The van der Waals surface area contributed by atoms with E-state index in [0.29, 0.717) is 0 Å². The first-order chi connectivity index (χ1) is 8.00. The number of phenols is 1. The molecular formula is C12H6Cl2F2O. The monoisotopic (exact) mass is 274 g/mol. The minimum absolute atomic E-state index is 0.00596. The topological polar surface area (TPSA) is 20.2 Å². The maximum Gasteiger partial charge on any atom is 0.145 e. The predicted molar refractivity (Wildman–Crippen MR) is 63.5 cm³/mol. The molecular weight excluding hydrogens is 269 g/mol. The van der Waals surface area contributed by atoms with Crippen molar-refractivity contribution in [3.63, 3.8) is 0 Å². The molecule has 0 radical (unpaired) electrons. The molecule has 5 heteroatoms. The van der Waals surface area contributed by atoms with Crippen LogP contribution in [-0.4, -0.2) is 5.11 Å². The number of hydrogen-bond donors (Lipinski definition) is 1. The van der Waals surface area contributed by atoms with Gasteiger partial charge in [0.05, 0.1) is 10.0 Å². The second-order valence-electron chi connectivity index (χ2n) is 3.38. The fourth-order valence-corrected chi connectivity index (χ4v) is 1.92. The highest BCUT2D eigenvalue weighted by Crippen LogP contribution is 2.38. The summed E-state index contributed by atoms with van der Waals surface area (Å²) in [4.78, 5) is 0. The Morgan fingerprint density at radius 2 is 1.65 bits per heavy atom. The second kappa shape index (κ2) is 4.51. The summed E-state index contributed by atoms with van der Waals surface area (Å²) in [5.41, 5.74) is 0.0491. The van der Waals surface area contributed by atoms with Crippen molar-refractivity contribution >= 4 is 23.2 Å². The van der Waals surface area contributed by atoms with E-state index in [4.69, 9.17) is 23.2 Å². The van der Waals surface area contributed by atoms with Gasteiger partial charge in [-0.15, -0.1) is 0 Å². The maximum atomic E-state index is 13.6. The fraction of sp³-hybridized carbons (Fsp3) is 0. The number of hydrogen-bond acceptors (Lipinski definition) is 1. The number of aromatic hydroxyl groups is 1. The predicted octanol–water partition coefficient (Wildman–Crippen LogP) is 4.64. The summed E-state index contributed by atoms with van der Waals surface area (Å²) in [5.74, 6) is -1.81. The van der Waals surface area contributed by atoms with Gasteiger partial charge >= 0.3 is 0 Å². The van der Waals surface area contributed by atoms with Crippen LogP contribution in [-0.2, 0) is 0 Å². The van der Waals surface area contributed by atoms with Crippen LogP contribution >= 0.6 is 23.2 Å². The highest BCUT2D eigenvalue weighted by Gasteiger charge is 2.15. The van der Waals surface area contributed by atoms with Gasteiger partial charge in [0.2, 0.25) is 0 Å². The molecule has 0 spiro atoms. The molecule has 1 N–H and O–H groups in total. The number of phenolic OH excluding ortho intramolecular Hbond substituents is 1. The molecule has 0 amide bonds. The molecule has 0 saturated heterocycles. The Hall–Kier alpha value is -1.32. The number of rotatable bonds is 1. The Morgan fingerprint density at radius 3 is 2.29 bits per heavy atom. The SMILES string of the molecule is Oc1cc(F)c(Cl)cc1-c1c(F)cccc1Cl. The third-order valence-electron chi connectivity index (χ3n) is 2.27. The highest BCUT2D eigenvalue weighted by molar-refractivity contribution is 6.34. The van der Waals surface area contributed by atoms with Crippen LogP contribution in [0, 0.1) is 11.6 Å². The quantitative estimate of drug-likeness (QED) is 0.803. The summed E-state index contributed by atoms with van der Waals surface area (Å²) in [7, 11) is 0. The summed E-state index contributed by atoms with van der Waals surface area (Å²) >= 11 is 11.4. The number of benzene rings is 2. The molecule has 0 heterocycles. The lowest BCUT2D eigenvalue weighted by atomic mass is 10.0. The second-order valence-corrected chi connectivity index (χ2v) is 4.19. The molecule has 0 fully saturated rings. The van der Waals surface area contributed by atoms with E-state index < -0.39 is 17.4 Å². The van der Waals surface area contributed by atoms with Crippen LogP contribution in [0.5, 0.6) is 5.75 Å². The van der Waals surface area contributed by atoms with E-state index >= 15 is 0 Å². The van der Waals surface area contributed by atoms with Crippen LogP contribution < -0.4 is 0 Å². The largest absolute Gasteiger partial charge is 0.507 e. The van der Waals surface area contributed by atoms with Gasteiger partial charge in [-0.1, -0.05) is 29.3 Å². The van der Waals surface area contributed by atoms with Crippen LogP contribution in [0.1, 0.15) is 0 Å². The molecule has 0 aliphatic carbocycles. The zero-order valence-corrected chi connectivity index (χ0v) is 9.86. The average Bonchev–Trinajstić information content (AvgIpc) is 2.25. The molecule has 17 heavy (non-hydrogen) atoms. The van der Waals surface area contributed by atoms with Crippen molar-refractivity contribution in [2.24, 2.45) is 0 Å². The van der Waals surface area contributed by atoms with Crippen LogP contribution in [0.3, 0.4) is 0 Å². The minimum atomic E-state index is -0.777. The van der Waals surface area contributed by atoms with E-state index in [9.17, 15) is 13.9 Å². The van der Waals surface area contributed by atoms with Crippen LogP contribution in [0.4, 0.5) is 8.78 Å². The van der Waals surface area contributed by atoms with Gasteiger partial charge in [0.15, 0.2) is 0 Å². The summed E-state index contributed by atoms with van der Waals surface area (Å²) in [5, 5.41) is 9.50. The number of halogens is 4. The van der Waals surface area contributed by atoms with Crippen LogP contribution in [0.2, 0.25) is 10.0 Å². The first kappa shape index (κ1) is 12.1. The minimum Gasteiger partial charge on any atom is -0.507 e. The van der Waals surface area contributed by atoms with E-state index in [1.807, 2.05) is 0 Å². The van der Waals surface area contributed by atoms with Crippen LogP contribution in [0.25, 0.3) is 11.1 Å². The Bertz CT molecular complexity index is 565. The molecule has 2 rings (SSSR count). The van der Waals surface area contributed by atoms with E-state index in [0.717, 1.165) is 12.1 Å². The van der Waals surface area contributed by atoms with Crippen molar-refractivity contribution in [1.82, 2.24) is 0 Å². The molecule has 0 saturated carbocycles. The van der Waals surface area contributed by atoms with E-state index in [1.165, 1.54) is 18.2 Å². The van der Waals surface area contributed by atoms with Gasteiger partial charge < -0.3 is 5.11 Å². The Balaban J connectivity index is 2.73. The molecule has 0 bridgehead atoms. The van der Waals surface area contributed by atoms with Gasteiger partial charge in [-0.3, -0.25) is 0 Å². The molecule has 0 aliphatic heterocycles. The molecule has 0 aromatic heterocycles. The maximum absolute atomic E-state index is 13.6. The Morgan fingerprint density at radius 1 is 0.941 bits per heavy atom. The van der Waals surface area contributed by atoms with Crippen molar-refractivity contribution in [2.45, 2.75) is 0 Å². The van der Waals surface area contributed by atoms with Gasteiger partial charge in [0.1, 0.15) is 17.4 Å². The molecule has 0 unspecified atom stereocenters. The Kier molecular flexibility index (Phi) is 3.22. The lowest BCUT2D eigenvalue weighted by molar-refractivity contribution is 0.470. The van der Waals surface area contributed by atoms with Gasteiger partial charge in [0.25, 0.3) is 0 Å². The van der Waals surface area contributed by atoms with E-state index in [2.05, 4.69) is 0 Å². The van der Waals surface area contributed by atoms with Crippen molar-refractivity contribution in [1.29, 1.82) is 0 Å². The van der Waals surface area contributed by atoms with Gasteiger partial charge in [-0.25, -0.2) is 8.78 Å². The molecule has 88 valence electrons. The third kappa shape index (κ3) is 2.21. The molecule has 2 aromatic rings. The molecule has 2 aromatic carbocycles. The lowest BCUT2D eigenvalue weighted by Gasteiger charge is -2.09. The zero-order valence-electron chi connectivity index (χ0n) is 8.35. The van der Waals surface area contributed by atoms with Crippen molar-refractivity contribution < 1.29 is 13.9 Å². The summed E-state index contributed by atoms with van der Waals surface area (Å²) in [6, 6.07) is 6.05. The molecule has 1 nitrogen and oxygen atoms in total. The standard InChI is InChI=1S/C12H6Cl2F2O/c13-7-2-1-3-9(15)12(7)6-4-8(14)10(16)5-11(6)17/h1-5,17H. The van der Waals surface area contributed by atoms with Gasteiger partial charge in [0, 0.05) is 17.2 Å². The van der Waals surface area contributed by atoms with Crippen molar-refractivity contribution in [2.75, 3.05) is 0 Å². The van der Waals surface area contributed by atoms with Crippen molar-refractivity contribution in [3.8, 4) is 16.9 Å². The van der Waals surface area contributed by atoms with Gasteiger partial charge in [-0.2, -0.15) is 0 Å². The fourth-order valence-electron chi connectivity index (χ4n) is 1.49. The normalized spacial score (nSPS) is 10.6. The van der Waals surface area contributed by atoms with E-state index in [1.54, 1.807) is 0 Å². The zero-order chi connectivity index (χ0) is 12.6. The first-order valence-corrected chi connectivity index (χ1v) is 5.38. The third-order valence-corrected chi connectivity index (χ3v) is 2.88. The summed E-state index contributed by atoms with van der Waals surface area (Å²) in [6.07, 6.45) is 0. The highest BCUT2D eigenvalue weighted by atomic mass is 35.5. The molecule has 0 aliphatic rings. The van der Waals surface area contributed by atoms with E-state index in [-0.39, 0.29) is 21.2 Å². The summed E-state index contributed by atoms with van der Waals surface area (Å²) < 4.78 is 26.7.